The van der Waals surface area contributed by atoms with Crippen molar-refractivity contribution in [2.75, 3.05) is 6.61 Å². The Balaban J connectivity index is 1.64. The summed E-state index contributed by atoms with van der Waals surface area (Å²) in [5.74, 6) is 0.400. The molecule has 1 aliphatic carbocycles. The molecule has 8 heteroatoms. The number of benzene rings is 3. The average molecular weight is 646 g/mol. The Hall–Kier alpha value is -2.54. The van der Waals surface area contributed by atoms with Crippen LogP contribution in [0.3, 0.4) is 0 Å². The van der Waals surface area contributed by atoms with Crippen molar-refractivity contribution in [2.24, 2.45) is 0 Å². The van der Waals surface area contributed by atoms with Crippen molar-refractivity contribution in [1.82, 2.24) is 10.2 Å². The lowest BCUT2D eigenvalue weighted by atomic mass is 10.0. The van der Waals surface area contributed by atoms with Gasteiger partial charge in [0.05, 0.1) is 4.47 Å². The first kappa shape index (κ1) is 30.4. The highest BCUT2D eigenvalue weighted by Crippen LogP contribution is 2.30. The van der Waals surface area contributed by atoms with Crippen LogP contribution >= 0.6 is 39.1 Å². The number of carbonyl (C=O) groups is 2. The minimum Gasteiger partial charge on any atom is -0.483 e. The van der Waals surface area contributed by atoms with Gasteiger partial charge in [-0.3, -0.25) is 9.59 Å². The number of amides is 2. The first-order chi connectivity index (χ1) is 19.2. The van der Waals surface area contributed by atoms with Crippen molar-refractivity contribution in [3.05, 3.63) is 97.9 Å². The summed E-state index contributed by atoms with van der Waals surface area (Å²) < 4.78 is 6.76. The maximum absolute atomic E-state index is 13.9. The third kappa shape index (κ3) is 8.02. The molecular weight excluding hydrogens is 611 g/mol. The Morgan fingerprint density at radius 1 is 1.00 bits per heavy atom. The lowest BCUT2D eigenvalue weighted by Gasteiger charge is -2.32. The number of carbonyl (C=O) groups excluding carboxylic acids is 2. The van der Waals surface area contributed by atoms with Crippen LogP contribution in [0.2, 0.25) is 10.0 Å². The van der Waals surface area contributed by atoms with Gasteiger partial charge in [-0.1, -0.05) is 92.4 Å². The molecule has 3 aromatic rings. The monoisotopic (exact) mass is 644 g/mol. The van der Waals surface area contributed by atoms with Crippen molar-refractivity contribution in [3.63, 3.8) is 0 Å². The molecule has 0 bridgehead atoms. The Kier molecular flexibility index (Phi) is 10.9. The molecule has 3 aromatic carbocycles. The quantitative estimate of drug-likeness (QED) is 0.230. The molecule has 0 unspecified atom stereocenters. The molecule has 1 saturated carbocycles. The summed E-state index contributed by atoms with van der Waals surface area (Å²) in [5, 5.41) is 4.08. The second kappa shape index (κ2) is 14.4. The van der Waals surface area contributed by atoms with Gasteiger partial charge in [0.1, 0.15) is 11.8 Å². The fourth-order valence-electron chi connectivity index (χ4n) is 4.99. The summed E-state index contributed by atoms with van der Waals surface area (Å²) in [6.07, 6.45) is 4.41. The molecular formula is C32H35BrCl2N2O3. The van der Waals surface area contributed by atoms with Crippen LogP contribution in [0.4, 0.5) is 0 Å². The van der Waals surface area contributed by atoms with Gasteiger partial charge in [0, 0.05) is 34.6 Å². The molecule has 0 aromatic heterocycles. The van der Waals surface area contributed by atoms with Gasteiger partial charge in [-0.15, -0.1) is 0 Å². The van der Waals surface area contributed by atoms with Crippen LogP contribution in [0.15, 0.2) is 71.2 Å². The minimum atomic E-state index is -0.779. The van der Waals surface area contributed by atoms with Gasteiger partial charge < -0.3 is 15.0 Å². The number of hydrogen-bond donors (Lipinski definition) is 1. The zero-order valence-electron chi connectivity index (χ0n) is 22.8. The predicted octanol–water partition coefficient (Wildman–Crippen LogP) is 7.96. The largest absolute Gasteiger partial charge is 0.483 e. The highest BCUT2D eigenvalue weighted by molar-refractivity contribution is 9.10. The fourth-order valence-corrected chi connectivity index (χ4v) is 6.02. The SMILES string of the molecule is CC(C)c1ccc(OCC(=O)N(Cc2c(Cl)cccc2Cl)[C@H](Cc2ccccc2)C(=O)NC2CCCC2)c(Br)c1. The zero-order chi connectivity index (χ0) is 28.6. The maximum atomic E-state index is 13.9. The molecule has 0 saturated heterocycles. The summed E-state index contributed by atoms with van der Waals surface area (Å²) in [4.78, 5) is 29.3. The second-order valence-electron chi connectivity index (χ2n) is 10.6. The predicted molar refractivity (Wildman–Crippen MR) is 165 cm³/mol. The molecule has 5 nitrogen and oxygen atoms in total. The topological polar surface area (TPSA) is 58.6 Å². The number of hydrogen-bond acceptors (Lipinski definition) is 3. The first-order valence-electron chi connectivity index (χ1n) is 13.7. The van der Waals surface area contributed by atoms with E-state index in [1.54, 1.807) is 23.1 Å². The van der Waals surface area contributed by atoms with Crippen LogP contribution < -0.4 is 10.1 Å². The first-order valence-corrected chi connectivity index (χ1v) is 15.3. The van der Waals surface area contributed by atoms with Crippen LogP contribution in [-0.2, 0) is 22.6 Å². The molecule has 40 heavy (non-hydrogen) atoms. The normalized spacial score (nSPS) is 14.2. The van der Waals surface area contributed by atoms with Gasteiger partial charge in [0.25, 0.3) is 5.91 Å². The molecule has 0 radical (unpaired) electrons. The van der Waals surface area contributed by atoms with Crippen molar-refractivity contribution < 1.29 is 14.3 Å². The Morgan fingerprint density at radius 2 is 1.68 bits per heavy atom. The third-order valence-electron chi connectivity index (χ3n) is 7.34. The molecule has 0 heterocycles. The van der Waals surface area contributed by atoms with E-state index in [1.807, 2.05) is 48.5 Å². The number of ether oxygens (including phenoxy) is 1. The molecule has 212 valence electrons. The van der Waals surface area contributed by atoms with Crippen LogP contribution in [0.1, 0.15) is 62.1 Å². The van der Waals surface area contributed by atoms with Gasteiger partial charge in [-0.2, -0.15) is 0 Å². The van der Waals surface area contributed by atoms with Gasteiger partial charge in [-0.05, 0) is 70.1 Å². The molecule has 1 atom stereocenters. The number of halogens is 3. The van der Waals surface area contributed by atoms with Gasteiger partial charge >= 0.3 is 0 Å². The standard InChI is InChI=1S/C32H35BrCl2N2O3/c1-21(2)23-15-16-30(26(33)18-23)40-20-31(38)37(19-25-27(34)13-8-14-28(25)35)29(17-22-9-4-3-5-10-22)32(39)36-24-11-6-7-12-24/h3-5,8-10,13-16,18,21,24,29H,6-7,11-12,17,19-20H2,1-2H3,(H,36,39)/t29-/m1/s1. The lowest BCUT2D eigenvalue weighted by Crippen LogP contribution is -2.53. The van der Waals surface area contributed by atoms with E-state index in [9.17, 15) is 9.59 Å². The van der Waals surface area contributed by atoms with E-state index in [2.05, 4.69) is 35.1 Å². The van der Waals surface area contributed by atoms with Gasteiger partial charge in [0.2, 0.25) is 5.91 Å². The molecule has 1 fully saturated rings. The van der Waals surface area contributed by atoms with Crippen LogP contribution in [0, 0.1) is 0 Å². The second-order valence-corrected chi connectivity index (χ2v) is 12.2. The van der Waals surface area contributed by atoms with E-state index in [1.165, 1.54) is 0 Å². The van der Waals surface area contributed by atoms with Crippen molar-refractivity contribution in [1.29, 1.82) is 0 Å². The summed E-state index contributed by atoms with van der Waals surface area (Å²) in [6.45, 7) is 4.06. The maximum Gasteiger partial charge on any atom is 0.261 e. The molecule has 0 aliphatic heterocycles. The Labute approximate surface area is 255 Å². The van der Waals surface area contributed by atoms with E-state index < -0.39 is 6.04 Å². The van der Waals surface area contributed by atoms with Crippen LogP contribution in [0.5, 0.6) is 5.75 Å². The summed E-state index contributed by atoms with van der Waals surface area (Å²) in [5.41, 5.74) is 2.70. The van der Waals surface area contributed by atoms with Crippen molar-refractivity contribution >= 4 is 50.9 Å². The molecule has 0 spiro atoms. The summed E-state index contributed by atoms with van der Waals surface area (Å²) >= 11 is 16.6. The van der Waals surface area contributed by atoms with Gasteiger partial charge in [-0.25, -0.2) is 0 Å². The van der Waals surface area contributed by atoms with Crippen molar-refractivity contribution in [3.8, 4) is 5.75 Å². The van der Waals surface area contributed by atoms with Crippen LogP contribution in [0.25, 0.3) is 0 Å². The highest BCUT2D eigenvalue weighted by atomic mass is 79.9. The number of nitrogens with one attached hydrogen (secondary N) is 1. The smallest absolute Gasteiger partial charge is 0.261 e. The van der Waals surface area contributed by atoms with E-state index in [0.29, 0.717) is 33.7 Å². The van der Waals surface area contributed by atoms with Gasteiger partial charge in [0.15, 0.2) is 6.61 Å². The molecule has 4 rings (SSSR count). The summed E-state index contributed by atoms with van der Waals surface area (Å²) in [7, 11) is 0. The minimum absolute atomic E-state index is 0.0732. The van der Waals surface area contributed by atoms with E-state index in [0.717, 1.165) is 41.3 Å². The third-order valence-corrected chi connectivity index (χ3v) is 8.66. The fraction of sp³-hybridized carbons (Fsp3) is 0.375. The molecule has 2 amide bonds. The number of nitrogens with zero attached hydrogens (tertiary/aromatic N) is 1. The zero-order valence-corrected chi connectivity index (χ0v) is 25.9. The number of rotatable bonds is 11. The van der Waals surface area contributed by atoms with E-state index in [4.69, 9.17) is 27.9 Å². The van der Waals surface area contributed by atoms with E-state index in [-0.39, 0.29) is 31.0 Å². The Bertz CT molecular complexity index is 1290. The van der Waals surface area contributed by atoms with E-state index >= 15 is 0 Å². The highest BCUT2D eigenvalue weighted by Gasteiger charge is 2.33. The van der Waals surface area contributed by atoms with Crippen LogP contribution in [-0.4, -0.2) is 35.4 Å². The average Bonchev–Trinajstić information content (AvgIpc) is 3.44. The Morgan fingerprint density at radius 3 is 2.30 bits per heavy atom. The van der Waals surface area contributed by atoms with Crippen molar-refractivity contribution in [2.45, 2.75) is 70.5 Å². The molecule has 1 N–H and O–H groups in total. The lowest BCUT2D eigenvalue weighted by molar-refractivity contribution is -0.143. The molecule has 1 aliphatic rings. The summed E-state index contributed by atoms with van der Waals surface area (Å²) in [6, 6.07) is 20.1.